The number of ether oxygens (including phenoxy) is 1. The lowest BCUT2D eigenvalue weighted by atomic mass is 10.1. The van der Waals surface area contributed by atoms with E-state index in [1.54, 1.807) is 18.6 Å². The highest BCUT2D eigenvalue weighted by atomic mass is 79.9. The van der Waals surface area contributed by atoms with Crippen LogP contribution in [0.15, 0.2) is 0 Å². The van der Waals surface area contributed by atoms with E-state index in [4.69, 9.17) is 0 Å². The second-order valence-corrected chi connectivity index (χ2v) is 6.57. The first-order valence-electron chi connectivity index (χ1n) is 5.33. The molecule has 0 radical (unpaired) electrons. The number of amides is 1. The highest BCUT2D eigenvalue weighted by Crippen LogP contribution is 2.46. The lowest BCUT2D eigenvalue weighted by Gasteiger charge is -2.14. The minimum atomic E-state index is -3.83. The molecule has 0 aromatic heterocycles. The maximum Gasteiger partial charge on any atom is 0.422 e. The van der Waals surface area contributed by atoms with Gasteiger partial charge in [-0.25, -0.2) is 9.52 Å². The Morgan fingerprint density at radius 2 is 2.06 bits per heavy atom. The number of halogens is 1. The molecule has 0 spiro atoms. The zero-order valence-corrected chi connectivity index (χ0v) is 12.2. The summed E-state index contributed by atoms with van der Waals surface area (Å²) in [6.45, 7) is 3.61. The minimum absolute atomic E-state index is 0.0106. The van der Waals surface area contributed by atoms with Gasteiger partial charge >= 0.3 is 16.3 Å². The molecule has 0 bridgehead atoms. The van der Waals surface area contributed by atoms with Crippen molar-refractivity contribution in [1.29, 1.82) is 0 Å². The molecule has 0 aromatic carbocycles. The largest absolute Gasteiger partial charge is 0.446 e. The standard InChI is InChI=1S/C9H17BrN2O4S/c1-7(2)16-8(13)12-17(14,15)11-6-9(5-10)3-4-9/h7,11H,3-6H2,1-2H3,(H,12,13). The monoisotopic (exact) mass is 328 g/mol. The molecule has 1 aliphatic carbocycles. The summed E-state index contributed by atoms with van der Waals surface area (Å²) in [5.41, 5.74) is 0.0106. The molecule has 0 aliphatic heterocycles. The quantitative estimate of drug-likeness (QED) is 0.716. The number of rotatable bonds is 6. The normalized spacial score (nSPS) is 17.9. The Morgan fingerprint density at radius 3 is 2.47 bits per heavy atom. The van der Waals surface area contributed by atoms with Crippen LogP contribution in [0.5, 0.6) is 0 Å². The molecule has 0 saturated heterocycles. The summed E-state index contributed by atoms with van der Waals surface area (Å²) in [6.07, 6.45) is 0.646. The summed E-state index contributed by atoms with van der Waals surface area (Å²) >= 11 is 3.34. The van der Waals surface area contributed by atoms with Crippen molar-refractivity contribution in [3.8, 4) is 0 Å². The molecule has 0 heterocycles. The third kappa shape index (κ3) is 5.22. The van der Waals surface area contributed by atoms with Crippen LogP contribution in [0.3, 0.4) is 0 Å². The van der Waals surface area contributed by atoms with E-state index in [2.05, 4.69) is 25.4 Å². The van der Waals surface area contributed by atoms with Crippen LogP contribution in [0.2, 0.25) is 0 Å². The molecule has 1 saturated carbocycles. The van der Waals surface area contributed by atoms with Gasteiger partial charge in [-0.1, -0.05) is 15.9 Å². The number of carbonyl (C=O) groups is 1. The molecule has 17 heavy (non-hydrogen) atoms. The van der Waals surface area contributed by atoms with E-state index in [0.29, 0.717) is 6.54 Å². The molecular weight excluding hydrogens is 312 g/mol. The lowest BCUT2D eigenvalue weighted by Crippen LogP contribution is -2.43. The molecule has 0 atom stereocenters. The molecule has 1 fully saturated rings. The van der Waals surface area contributed by atoms with Gasteiger partial charge in [-0.2, -0.15) is 13.1 Å². The van der Waals surface area contributed by atoms with E-state index in [1.165, 1.54) is 0 Å². The highest BCUT2D eigenvalue weighted by Gasteiger charge is 2.42. The zero-order chi connectivity index (χ0) is 13.1. The van der Waals surface area contributed by atoms with Gasteiger partial charge in [0.15, 0.2) is 0 Å². The van der Waals surface area contributed by atoms with Crippen LogP contribution in [0.1, 0.15) is 26.7 Å². The van der Waals surface area contributed by atoms with Gasteiger partial charge in [0, 0.05) is 11.9 Å². The fourth-order valence-electron chi connectivity index (χ4n) is 1.17. The summed E-state index contributed by atoms with van der Waals surface area (Å²) in [5.74, 6) is 0. The fourth-order valence-corrected chi connectivity index (χ4v) is 2.76. The Kier molecular flexibility index (Phi) is 4.79. The molecule has 1 amide bonds. The van der Waals surface area contributed by atoms with Crippen LogP contribution < -0.4 is 9.44 Å². The van der Waals surface area contributed by atoms with E-state index in [9.17, 15) is 13.2 Å². The first-order chi connectivity index (χ1) is 7.79. The van der Waals surface area contributed by atoms with Gasteiger partial charge in [-0.15, -0.1) is 0 Å². The van der Waals surface area contributed by atoms with Crippen molar-refractivity contribution in [2.75, 3.05) is 11.9 Å². The summed E-state index contributed by atoms with van der Waals surface area (Å²) in [5, 5.41) is 0.749. The summed E-state index contributed by atoms with van der Waals surface area (Å²) < 4.78 is 31.8. The van der Waals surface area contributed by atoms with Gasteiger partial charge in [0.1, 0.15) is 0 Å². The molecule has 1 aliphatic rings. The van der Waals surface area contributed by atoms with E-state index in [-0.39, 0.29) is 11.5 Å². The van der Waals surface area contributed by atoms with Gasteiger partial charge in [0.05, 0.1) is 6.10 Å². The highest BCUT2D eigenvalue weighted by molar-refractivity contribution is 9.09. The zero-order valence-electron chi connectivity index (χ0n) is 9.82. The Bertz CT molecular complexity index is 378. The average Bonchev–Trinajstić information content (AvgIpc) is 2.93. The molecule has 8 heteroatoms. The lowest BCUT2D eigenvalue weighted by molar-refractivity contribution is 0.121. The second kappa shape index (κ2) is 5.53. The molecule has 0 unspecified atom stereocenters. The summed E-state index contributed by atoms with van der Waals surface area (Å²) in [6, 6.07) is 0. The molecular formula is C9H17BrN2O4S. The average molecular weight is 329 g/mol. The minimum Gasteiger partial charge on any atom is -0.446 e. The Hall–Kier alpha value is -0.340. The van der Waals surface area contributed by atoms with Gasteiger partial charge < -0.3 is 4.74 Å². The molecule has 100 valence electrons. The van der Waals surface area contributed by atoms with Crippen molar-refractivity contribution in [3.63, 3.8) is 0 Å². The first kappa shape index (κ1) is 14.7. The number of hydrogen-bond acceptors (Lipinski definition) is 4. The Morgan fingerprint density at radius 1 is 1.47 bits per heavy atom. The smallest absolute Gasteiger partial charge is 0.422 e. The van der Waals surface area contributed by atoms with E-state index < -0.39 is 16.3 Å². The SMILES string of the molecule is CC(C)OC(=O)NS(=O)(=O)NCC1(CBr)CC1. The molecule has 0 aromatic rings. The first-order valence-corrected chi connectivity index (χ1v) is 7.93. The van der Waals surface area contributed by atoms with Crippen molar-refractivity contribution < 1.29 is 17.9 Å². The predicted molar refractivity (Wildman–Crippen MR) is 67.1 cm³/mol. The van der Waals surface area contributed by atoms with Crippen molar-refractivity contribution in [2.45, 2.75) is 32.8 Å². The van der Waals surface area contributed by atoms with Crippen LogP contribution in [0.4, 0.5) is 4.79 Å². The summed E-state index contributed by atoms with van der Waals surface area (Å²) in [4.78, 5) is 11.1. The van der Waals surface area contributed by atoms with E-state index in [0.717, 1.165) is 18.2 Å². The topological polar surface area (TPSA) is 84.5 Å². The van der Waals surface area contributed by atoms with Gasteiger partial charge in [-0.05, 0) is 32.1 Å². The van der Waals surface area contributed by atoms with Gasteiger partial charge in [-0.3, -0.25) is 0 Å². The van der Waals surface area contributed by atoms with Crippen molar-refractivity contribution in [2.24, 2.45) is 5.41 Å². The van der Waals surface area contributed by atoms with Gasteiger partial charge in [0.2, 0.25) is 0 Å². The molecule has 6 nitrogen and oxygen atoms in total. The van der Waals surface area contributed by atoms with Crippen LogP contribution in [0.25, 0.3) is 0 Å². The Labute approximate surface area is 110 Å². The van der Waals surface area contributed by atoms with Crippen LogP contribution in [-0.2, 0) is 14.9 Å². The maximum absolute atomic E-state index is 11.5. The van der Waals surface area contributed by atoms with Crippen molar-refractivity contribution >= 4 is 32.2 Å². The van der Waals surface area contributed by atoms with Crippen LogP contribution >= 0.6 is 15.9 Å². The number of carbonyl (C=O) groups excluding carboxylic acids is 1. The van der Waals surface area contributed by atoms with Crippen molar-refractivity contribution in [1.82, 2.24) is 9.44 Å². The molecule has 2 N–H and O–H groups in total. The van der Waals surface area contributed by atoms with E-state index >= 15 is 0 Å². The van der Waals surface area contributed by atoms with Crippen LogP contribution in [-0.4, -0.2) is 32.5 Å². The second-order valence-electron chi connectivity index (χ2n) is 4.51. The number of alkyl halides is 1. The van der Waals surface area contributed by atoms with E-state index in [1.807, 2.05) is 0 Å². The third-order valence-corrected chi connectivity index (χ3v) is 4.59. The number of hydrogen-bond donors (Lipinski definition) is 2. The summed E-state index contributed by atoms with van der Waals surface area (Å²) in [7, 11) is -3.83. The van der Waals surface area contributed by atoms with Crippen LogP contribution in [0, 0.1) is 5.41 Å². The third-order valence-electron chi connectivity index (χ3n) is 2.44. The predicted octanol–water partition coefficient (Wildman–Crippen LogP) is 1.13. The van der Waals surface area contributed by atoms with Gasteiger partial charge in [0.25, 0.3) is 0 Å². The van der Waals surface area contributed by atoms with Crippen molar-refractivity contribution in [3.05, 3.63) is 0 Å². The molecule has 1 rings (SSSR count). The maximum atomic E-state index is 11.5. The Balaban J connectivity index is 2.38. The number of nitrogens with one attached hydrogen (secondary N) is 2. The fraction of sp³-hybridized carbons (Fsp3) is 0.889.